The van der Waals surface area contributed by atoms with Crippen molar-refractivity contribution in [3.05, 3.63) is 29.5 Å². The molecular weight excluding hydrogens is 230 g/mol. The van der Waals surface area contributed by atoms with Gasteiger partial charge >= 0.3 is 0 Å². The van der Waals surface area contributed by atoms with Crippen molar-refractivity contribution in [3.8, 4) is 5.88 Å². The summed E-state index contributed by atoms with van der Waals surface area (Å²) in [5, 5.41) is 0.859. The number of methoxy groups -OCH3 is 1. The number of hydrogen-bond donors (Lipinski definition) is 0. The Labute approximate surface area is 86.8 Å². The van der Waals surface area contributed by atoms with Crippen molar-refractivity contribution in [1.29, 1.82) is 0 Å². The second kappa shape index (κ2) is 5.02. The maximum absolute atomic E-state index is 5.06. The summed E-state index contributed by atoms with van der Waals surface area (Å²) in [6.45, 7) is 1.98. The van der Waals surface area contributed by atoms with E-state index in [0.29, 0.717) is 5.88 Å². The maximum Gasteiger partial charge on any atom is 0.215 e. The zero-order valence-corrected chi connectivity index (χ0v) is 9.34. The van der Waals surface area contributed by atoms with Crippen LogP contribution in [0.25, 0.3) is 6.08 Å². The number of aromatic nitrogens is 1. The van der Waals surface area contributed by atoms with Crippen molar-refractivity contribution in [2.45, 2.75) is 6.92 Å². The van der Waals surface area contributed by atoms with Gasteiger partial charge in [-0.25, -0.2) is 4.98 Å². The van der Waals surface area contributed by atoms with Crippen LogP contribution in [0, 0.1) is 6.92 Å². The quantitative estimate of drug-likeness (QED) is 0.760. The number of alkyl halides is 1. The Morgan fingerprint density at radius 1 is 1.62 bits per heavy atom. The van der Waals surface area contributed by atoms with Gasteiger partial charge < -0.3 is 4.74 Å². The minimum absolute atomic E-state index is 0.691. The van der Waals surface area contributed by atoms with Crippen LogP contribution in [0.1, 0.15) is 11.1 Å². The van der Waals surface area contributed by atoms with Gasteiger partial charge in [0.2, 0.25) is 5.88 Å². The monoisotopic (exact) mass is 241 g/mol. The van der Waals surface area contributed by atoms with Crippen molar-refractivity contribution >= 4 is 22.0 Å². The molecule has 0 saturated carbocycles. The largest absolute Gasteiger partial charge is 0.481 e. The van der Waals surface area contributed by atoms with Crippen molar-refractivity contribution in [2.24, 2.45) is 0 Å². The molecule has 1 aromatic rings. The van der Waals surface area contributed by atoms with E-state index in [1.54, 1.807) is 13.3 Å². The summed E-state index contributed by atoms with van der Waals surface area (Å²) in [4.78, 5) is 4.16. The number of pyridine rings is 1. The van der Waals surface area contributed by atoms with E-state index in [9.17, 15) is 0 Å². The molecule has 0 aliphatic rings. The topological polar surface area (TPSA) is 22.1 Å². The number of allylic oxidation sites excluding steroid dienone is 1. The molecule has 0 fully saturated rings. The average Bonchev–Trinajstić information content (AvgIpc) is 2.15. The minimum Gasteiger partial charge on any atom is -0.481 e. The summed E-state index contributed by atoms with van der Waals surface area (Å²) in [5.74, 6) is 0.691. The normalized spacial score (nSPS) is 10.7. The highest BCUT2D eigenvalue weighted by atomic mass is 79.9. The Balaban J connectivity index is 2.89. The van der Waals surface area contributed by atoms with Crippen LogP contribution >= 0.6 is 15.9 Å². The Morgan fingerprint density at radius 3 is 2.92 bits per heavy atom. The number of rotatable bonds is 3. The third kappa shape index (κ3) is 2.84. The molecule has 0 radical (unpaired) electrons. The molecule has 0 amide bonds. The predicted molar refractivity (Wildman–Crippen MR) is 58.4 cm³/mol. The van der Waals surface area contributed by atoms with Gasteiger partial charge in [0, 0.05) is 17.1 Å². The molecule has 0 saturated heterocycles. The van der Waals surface area contributed by atoms with Crippen LogP contribution in [0.4, 0.5) is 0 Å². The molecule has 1 aromatic heterocycles. The molecule has 0 bridgehead atoms. The lowest BCUT2D eigenvalue weighted by atomic mass is 10.2. The van der Waals surface area contributed by atoms with E-state index in [0.717, 1.165) is 16.5 Å². The molecule has 0 spiro atoms. The highest BCUT2D eigenvalue weighted by Gasteiger charge is 1.98. The van der Waals surface area contributed by atoms with E-state index < -0.39 is 0 Å². The number of nitrogens with zero attached hydrogens (tertiary/aromatic N) is 1. The molecule has 13 heavy (non-hydrogen) atoms. The lowest BCUT2D eigenvalue weighted by molar-refractivity contribution is 0.394. The molecule has 3 heteroatoms. The van der Waals surface area contributed by atoms with Gasteiger partial charge in [-0.15, -0.1) is 0 Å². The Morgan fingerprint density at radius 2 is 2.38 bits per heavy atom. The Kier molecular flexibility index (Phi) is 3.96. The fourth-order valence-corrected chi connectivity index (χ4v) is 1.26. The van der Waals surface area contributed by atoms with Crippen LogP contribution in [0.15, 0.2) is 18.3 Å². The van der Waals surface area contributed by atoms with Gasteiger partial charge in [-0.3, -0.25) is 0 Å². The van der Waals surface area contributed by atoms with Crippen LogP contribution < -0.4 is 4.74 Å². The van der Waals surface area contributed by atoms with Crippen LogP contribution in [0.3, 0.4) is 0 Å². The molecule has 0 aromatic carbocycles. The first-order valence-corrected chi connectivity index (χ1v) is 5.13. The van der Waals surface area contributed by atoms with Crippen LogP contribution in [-0.2, 0) is 0 Å². The third-order valence-corrected chi connectivity index (χ3v) is 2.02. The second-order valence-electron chi connectivity index (χ2n) is 2.65. The van der Waals surface area contributed by atoms with Gasteiger partial charge in [-0.1, -0.05) is 28.1 Å². The standard InChI is InChI=1S/C10H12BrNO/c1-8-6-9(4-3-5-11)7-12-10(8)13-2/h3-4,6-7H,5H2,1-2H3. The fourth-order valence-electron chi connectivity index (χ4n) is 1.07. The molecule has 1 rings (SSSR count). The molecule has 2 nitrogen and oxygen atoms in total. The van der Waals surface area contributed by atoms with E-state index in [1.807, 2.05) is 25.1 Å². The zero-order chi connectivity index (χ0) is 9.68. The second-order valence-corrected chi connectivity index (χ2v) is 3.30. The highest BCUT2D eigenvalue weighted by Crippen LogP contribution is 2.15. The molecule has 0 unspecified atom stereocenters. The molecular formula is C10H12BrNO. The maximum atomic E-state index is 5.06. The van der Waals surface area contributed by atoms with Crippen molar-refractivity contribution in [1.82, 2.24) is 4.98 Å². The first-order chi connectivity index (χ1) is 6.27. The van der Waals surface area contributed by atoms with Crippen LogP contribution in [0.2, 0.25) is 0 Å². The first-order valence-electron chi connectivity index (χ1n) is 4.01. The van der Waals surface area contributed by atoms with Crippen molar-refractivity contribution in [3.63, 3.8) is 0 Å². The summed E-state index contributed by atoms with van der Waals surface area (Å²) in [5.41, 5.74) is 2.15. The lowest BCUT2D eigenvalue weighted by Crippen LogP contribution is -1.91. The van der Waals surface area contributed by atoms with Gasteiger partial charge in [-0.05, 0) is 18.6 Å². The molecule has 0 aliphatic heterocycles. The molecule has 0 N–H and O–H groups in total. The molecule has 0 aliphatic carbocycles. The van der Waals surface area contributed by atoms with E-state index in [2.05, 4.69) is 20.9 Å². The number of halogens is 1. The number of ether oxygens (including phenoxy) is 1. The van der Waals surface area contributed by atoms with E-state index in [-0.39, 0.29) is 0 Å². The molecule has 70 valence electrons. The minimum atomic E-state index is 0.691. The number of hydrogen-bond acceptors (Lipinski definition) is 2. The third-order valence-electron chi connectivity index (χ3n) is 1.64. The average molecular weight is 242 g/mol. The number of aryl methyl sites for hydroxylation is 1. The first kappa shape index (κ1) is 10.3. The summed E-state index contributed by atoms with van der Waals surface area (Å²) < 4.78 is 5.06. The van der Waals surface area contributed by atoms with Gasteiger partial charge in [0.1, 0.15) is 0 Å². The SMILES string of the molecule is COc1ncc(C=CCBr)cc1C. The molecule has 0 atom stereocenters. The smallest absolute Gasteiger partial charge is 0.215 e. The predicted octanol–water partition coefficient (Wildman–Crippen LogP) is 2.81. The van der Waals surface area contributed by atoms with Gasteiger partial charge in [0.15, 0.2) is 0 Å². The molecule has 1 heterocycles. The van der Waals surface area contributed by atoms with Crippen LogP contribution in [-0.4, -0.2) is 17.4 Å². The van der Waals surface area contributed by atoms with Crippen molar-refractivity contribution < 1.29 is 4.74 Å². The summed E-state index contributed by atoms with van der Waals surface area (Å²) in [7, 11) is 1.63. The summed E-state index contributed by atoms with van der Waals surface area (Å²) in [6.07, 6.45) is 5.85. The summed E-state index contributed by atoms with van der Waals surface area (Å²) in [6, 6.07) is 2.05. The summed E-state index contributed by atoms with van der Waals surface area (Å²) >= 11 is 3.32. The lowest BCUT2D eigenvalue weighted by Gasteiger charge is -2.02. The Hall–Kier alpha value is -0.830. The van der Waals surface area contributed by atoms with E-state index in [4.69, 9.17) is 4.74 Å². The van der Waals surface area contributed by atoms with Crippen LogP contribution in [0.5, 0.6) is 5.88 Å². The van der Waals surface area contributed by atoms with E-state index >= 15 is 0 Å². The fraction of sp³-hybridized carbons (Fsp3) is 0.300. The van der Waals surface area contributed by atoms with Gasteiger partial charge in [0.25, 0.3) is 0 Å². The van der Waals surface area contributed by atoms with Crippen molar-refractivity contribution in [2.75, 3.05) is 12.4 Å². The highest BCUT2D eigenvalue weighted by molar-refractivity contribution is 9.09. The Bertz CT molecular complexity index is 310. The van der Waals surface area contributed by atoms with Gasteiger partial charge in [-0.2, -0.15) is 0 Å². The zero-order valence-electron chi connectivity index (χ0n) is 7.75. The van der Waals surface area contributed by atoms with Gasteiger partial charge in [0.05, 0.1) is 7.11 Å². The van der Waals surface area contributed by atoms with E-state index in [1.165, 1.54) is 0 Å².